The molecule has 2 unspecified atom stereocenters. The first kappa shape index (κ1) is 38.9. The van der Waals surface area contributed by atoms with Crippen molar-refractivity contribution >= 4 is 5.91 Å². The number of allylic oxidation sites excluding steroid dienone is 3. The van der Waals surface area contributed by atoms with Crippen molar-refractivity contribution < 1.29 is 15.0 Å². The summed E-state index contributed by atoms with van der Waals surface area (Å²) in [6.45, 7) is 4.11. The Bertz CT molecular complexity index is 574. The predicted molar refractivity (Wildman–Crippen MR) is 175 cm³/mol. The third-order valence-electron chi connectivity index (χ3n) is 7.91. The number of aliphatic hydroxyl groups excluding tert-OH is 2. The highest BCUT2D eigenvalue weighted by molar-refractivity contribution is 5.76. The van der Waals surface area contributed by atoms with Gasteiger partial charge in [0.15, 0.2) is 0 Å². The lowest BCUT2D eigenvalue weighted by Crippen LogP contribution is -2.45. The van der Waals surface area contributed by atoms with Crippen LogP contribution in [-0.4, -0.2) is 34.9 Å². The number of carbonyl (C=O) groups is 1. The molecule has 0 saturated heterocycles. The molecule has 4 heteroatoms. The fourth-order valence-corrected chi connectivity index (χ4v) is 5.18. The lowest BCUT2D eigenvalue weighted by molar-refractivity contribution is -0.123. The molecule has 3 N–H and O–H groups in total. The van der Waals surface area contributed by atoms with Gasteiger partial charge < -0.3 is 15.5 Å². The van der Waals surface area contributed by atoms with E-state index >= 15 is 0 Å². The van der Waals surface area contributed by atoms with Gasteiger partial charge in [-0.1, -0.05) is 160 Å². The Kier molecular flexibility index (Phi) is 31.5. The summed E-state index contributed by atoms with van der Waals surface area (Å²) in [7, 11) is 0. The molecule has 1 amide bonds. The van der Waals surface area contributed by atoms with Crippen LogP contribution in [-0.2, 0) is 4.79 Å². The van der Waals surface area contributed by atoms with Crippen LogP contribution < -0.4 is 5.32 Å². The predicted octanol–water partition coefficient (Wildman–Crippen LogP) is 10.1. The van der Waals surface area contributed by atoms with Crippen molar-refractivity contribution in [3.05, 3.63) is 24.3 Å². The minimum atomic E-state index is -0.831. The van der Waals surface area contributed by atoms with E-state index in [0.29, 0.717) is 6.42 Å². The highest BCUT2D eigenvalue weighted by Crippen LogP contribution is 2.14. The van der Waals surface area contributed by atoms with Crippen molar-refractivity contribution in [2.75, 3.05) is 6.61 Å². The maximum absolute atomic E-state index is 12.1. The van der Waals surface area contributed by atoms with Gasteiger partial charge in [-0.25, -0.2) is 0 Å². The molecule has 0 heterocycles. The number of unbranched alkanes of at least 4 members (excludes halogenated alkanes) is 22. The zero-order valence-corrected chi connectivity index (χ0v) is 26.9. The zero-order chi connectivity index (χ0) is 29.4. The van der Waals surface area contributed by atoms with Crippen LogP contribution in [0.15, 0.2) is 24.3 Å². The zero-order valence-electron chi connectivity index (χ0n) is 26.9. The van der Waals surface area contributed by atoms with Crippen LogP contribution in [0.5, 0.6) is 0 Å². The van der Waals surface area contributed by atoms with Gasteiger partial charge >= 0.3 is 0 Å². The molecule has 0 aromatic heterocycles. The van der Waals surface area contributed by atoms with Crippen LogP contribution in [0, 0.1) is 0 Å². The fraction of sp³-hybridized carbons (Fsp3) is 0.861. The summed E-state index contributed by atoms with van der Waals surface area (Å²) in [6, 6.07) is -0.614. The molecule has 2 atom stereocenters. The first-order chi connectivity index (χ1) is 19.7. The second-order valence-corrected chi connectivity index (χ2v) is 11.9. The van der Waals surface area contributed by atoms with E-state index in [4.69, 9.17) is 0 Å². The molecule has 0 spiro atoms. The summed E-state index contributed by atoms with van der Waals surface area (Å²) in [5.41, 5.74) is 0. The highest BCUT2D eigenvalue weighted by atomic mass is 16.3. The summed E-state index contributed by atoms with van der Waals surface area (Å²) in [4.78, 5) is 12.1. The van der Waals surface area contributed by atoms with Gasteiger partial charge in [0.1, 0.15) is 0 Å². The molecule has 0 aliphatic carbocycles. The number of amides is 1. The third-order valence-corrected chi connectivity index (χ3v) is 7.91. The number of hydrogen-bond acceptors (Lipinski definition) is 3. The molecule has 0 aromatic rings. The number of aliphatic hydroxyl groups is 2. The lowest BCUT2D eigenvalue weighted by atomic mass is 10.0. The first-order valence-electron chi connectivity index (χ1n) is 17.6. The molecule has 0 aliphatic rings. The van der Waals surface area contributed by atoms with Gasteiger partial charge in [-0.15, -0.1) is 0 Å². The Hall–Kier alpha value is -1.13. The van der Waals surface area contributed by atoms with Gasteiger partial charge in [0.25, 0.3) is 0 Å². The largest absolute Gasteiger partial charge is 0.394 e. The van der Waals surface area contributed by atoms with E-state index in [-0.39, 0.29) is 12.5 Å². The van der Waals surface area contributed by atoms with Crippen LogP contribution in [0.1, 0.15) is 181 Å². The number of carbonyl (C=O) groups excluding carboxylic acids is 1. The Morgan fingerprint density at radius 3 is 1.43 bits per heavy atom. The van der Waals surface area contributed by atoms with Gasteiger partial charge in [0.05, 0.1) is 18.8 Å². The fourth-order valence-electron chi connectivity index (χ4n) is 5.18. The molecule has 0 radical (unpaired) electrons. The van der Waals surface area contributed by atoms with Crippen molar-refractivity contribution in [1.82, 2.24) is 5.32 Å². The topological polar surface area (TPSA) is 69.6 Å². The molecule has 0 aromatic carbocycles. The van der Waals surface area contributed by atoms with Crippen molar-refractivity contribution in [3.8, 4) is 0 Å². The van der Waals surface area contributed by atoms with Crippen molar-refractivity contribution in [3.63, 3.8) is 0 Å². The molecule has 40 heavy (non-hydrogen) atoms. The van der Waals surface area contributed by atoms with E-state index in [1.165, 1.54) is 135 Å². The van der Waals surface area contributed by atoms with Gasteiger partial charge in [0, 0.05) is 6.42 Å². The van der Waals surface area contributed by atoms with Gasteiger partial charge in [-0.05, 0) is 38.5 Å². The van der Waals surface area contributed by atoms with Crippen LogP contribution in [0.3, 0.4) is 0 Å². The molecule has 236 valence electrons. The maximum atomic E-state index is 12.1. The van der Waals surface area contributed by atoms with Crippen molar-refractivity contribution in [2.45, 2.75) is 193 Å². The normalized spacial score (nSPS) is 13.4. The summed E-state index contributed by atoms with van der Waals surface area (Å²) in [6.07, 6.45) is 40.5. The van der Waals surface area contributed by atoms with E-state index in [1.54, 1.807) is 6.08 Å². The quantitative estimate of drug-likeness (QED) is 0.0580. The monoisotopic (exact) mass is 564 g/mol. The smallest absolute Gasteiger partial charge is 0.220 e. The van der Waals surface area contributed by atoms with E-state index in [2.05, 4.69) is 31.3 Å². The number of rotatable bonds is 31. The highest BCUT2D eigenvalue weighted by Gasteiger charge is 2.17. The summed E-state index contributed by atoms with van der Waals surface area (Å²) in [5, 5.41) is 22.3. The average Bonchev–Trinajstić information content (AvgIpc) is 2.96. The van der Waals surface area contributed by atoms with Gasteiger partial charge in [0.2, 0.25) is 5.91 Å². The summed E-state index contributed by atoms with van der Waals surface area (Å²) >= 11 is 0. The van der Waals surface area contributed by atoms with E-state index < -0.39 is 12.1 Å². The molecule has 4 nitrogen and oxygen atoms in total. The minimum Gasteiger partial charge on any atom is -0.394 e. The molecule has 0 fully saturated rings. The Morgan fingerprint density at radius 1 is 0.575 bits per heavy atom. The maximum Gasteiger partial charge on any atom is 0.220 e. The van der Waals surface area contributed by atoms with Crippen molar-refractivity contribution in [1.29, 1.82) is 0 Å². The standard InChI is InChI=1S/C36H69NO3/c1-3-5-7-8-9-10-11-12-13-14-15-16-17-18-19-20-21-22-23-24-25-26-27-28-30-32-36(40)37-34(33-38)35(39)31-29-6-4-2/h14-15,29,31,34-35,38-39H,3-13,16-28,30,32-33H2,1-2H3,(H,37,40)/b15-14-,31-29+. The molecular formula is C36H69NO3. The third kappa shape index (κ3) is 28.4. The SMILES string of the molecule is CCC/C=C/C(O)C(CO)NC(=O)CCCCCCCCCCCCCCC/C=C\CCCCCCCCCC. The van der Waals surface area contributed by atoms with Gasteiger partial charge in [-0.3, -0.25) is 4.79 Å². The number of hydrogen-bond donors (Lipinski definition) is 3. The second-order valence-electron chi connectivity index (χ2n) is 11.9. The molecule has 0 aliphatic heterocycles. The van der Waals surface area contributed by atoms with Crippen LogP contribution in [0.4, 0.5) is 0 Å². The summed E-state index contributed by atoms with van der Waals surface area (Å²) < 4.78 is 0. The second kappa shape index (κ2) is 32.4. The lowest BCUT2D eigenvalue weighted by Gasteiger charge is -2.19. The van der Waals surface area contributed by atoms with Crippen LogP contribution in [0.25, 0.3) is 0 Å². The van der Waals surface area contributed by atoms with Crippen LogP contribution in [0.2, 0.25) is 0 Å². The Balaban J connectivity index is 3.36. The van der Waals surface area contributed by atoms with Crippen molar-refractivity contribution in [2.24, 2.45) is 0 Å². The number of nitrogens with one attached hydrogen (secondary N) is 1. The summed E-state index contributed by atoms with van der Waals surface area (Å²) in [5.74, 6) is -0.0764. The average molecular weight is 564 g/mol. The molecule has 0 bridgehead atoms. The molecule has 0 saturated carbocycles. The Morgan fingerprint density at radius 2 is 1.00 bits per heavy atom. The molecule has 0 rings (SSSR count). The van der Waals surface area contributed by atoms with E-state index in [0.717, 1.165) is 25.7 Å². The minimum absolute atomic E-state index is 0.0764. The Labute approximate surface area is 249 Å². The first-order valence-corrected chi connectivity index (χ1v) is 17.6. The molecular weight excluding hydrogens is 494 g/mol. The van der Waals surface area contributed by atoms with E-state index in [9.17, 15) is 15.0 Å². The van der Waals surface area contributed by atoms with Crippen LogP contribution >= 0.6 is 0 Å². The van der Waals surface area contributed by atoms with E-state index in [1.807, 2.05) is 6.08 Å². The van der Waals surface area contributed by atoms with Gasteiger partial charge in [-0.2, -0.15) is 0 Å².